The fourth-order valence-corrected chi connectivity index (χ4v) is 3.19. The van der Waals surface area contributed by atoms with E-state index in [1.165, 1.54) is 24.5 Å². The average molecular weight is 375 g/mol. The monoisotopic (exact) mass is 374 g/mol. The van der Waals surface area contributed by atoms with Crippen molar-refractivity contribution in [1.82, 2.24) is 19.9 Å². The summed E-state index contributed by atoms with van der Waals surface area (Å²) in [5.41, 5.74) is 1.26. The van der Waals surface area contributed by atoms with Gasteiger partial charge in [-0.15, -0.1) is 0 Å². The van der Waals surface area contributed by atoms with Crippen LogP contribution in [0.5, 0.6) is 0 Å². The number of aromatic amines is 1. The first kappa shape index (κ1) is 16.6. The van der Waals surface area contributed by atoms with Crippen molar-refractivity contribution in [2.75, 3.05) is 36.4 Å². The summed E-state index contributed by atoms with van der Waals surface area (Å²) >= 11 is 5.75. The molecule has 1 aliphatic rings. The van der Waals surface area contributed by atoms with Gasteiger partial charge in [0.05, 0.1) is 10.4 Å². The van der Waals surface area contributed by atoms with E-state index in [2.05, 4.69) is 25.2 Å². The third kappa shape index (κ3) is 3.15. The molecule has 2 N–H and O–H groups in total. The van der Waals surface area contributed by atoms with Gasteiger partial charge in [0, 0.05) is 38.1 Å². The number of H-pyrrole nitrogens is 1. The van der Waals surface area contributed by atoms with Crippen LogP contribution in [0.4, 0.5) is 20.7 Å². The van der Waals surface area contributed by atoms with E-state index in [9.17, 15) is 9.18 Å². The van der Waals surface area contributed by atoms with Crippen molar-refractivity contribution in [1.29, 1.82) is 0 Å². The number of halogens is 2. The number of carbonyl (C=O) groups excluding carboxylic acids is 1. The highest BCUT2D eigenvalue weighted by Gasteiger charge is 2.23. The van der Waals surface area contributed by atoms with Crippen molar-refractivity contribution in [3.05, 3.63) is 47.6 Å². The summed E-state index contributed by atoms with van der Waals surface area (Å²) in [6, 6.07) is 5.82. The van der Waals surface area contributed by atoms with E-state index in [-0.39, 0.29) is 11.1 Å². The van der Waals surface area contributed by atoms with Crippen molar-refractivity contribution in [2.45, 2.75) is 0 Å². The van der Waals surface area contributed by atoms with Crippen molar-refractivity contribution in [3.8, 4) is 0 Å². The molecule has 3 heterocycles. The Balaban J connectivity index is 1.40. The smallest absolute Gasteiger partial charge is 0.321 e. The van der Waals surface area contributed by atoms with E-state index in [1.807, 2.05) is 12.3 Å². The quantitative estimate of drug-likeness (QED) is 0.722. The van der Waals surface area contributed by atoms with Gasteiger partial charge in [0.1, 0.15) is 23.6 Å². The zero-order valence-corrected chi connectivity index (χ0v) is 14.5. The Labute approximate surface area is 153 Å². The van der Waals surface area contributed by atoms with Gasteiger partial charge in [-0.1, -0.05) is 11.6 Å². The number of nitrogens with one attached hydrogen (secondary N) is 2. The lowest BCUT2D eigenvalue weighted by molar-refractivity contribution is 0.208. The van der Waals surface area contributed by atoms with E-state index in [0.717, 1.165) is 16.9 Å². The van der Waals surface area contributed by atoms with Crippen LogP contribution in [0.1, 0.15) is 0 Å². The van der Waals surface area contributed by atoms with Crippen LogP contribution in [0, 0.1) is 5.82 Å². The molecule has 1 aliphatic heterocycles. The maximum absolute atomic E-state index is 13.2. The lowest BCUT2D eigenvalue weighted by Gasteiger charge is -2.35. The van der Waals surface area contributed by atoms with Crippen LogP contribution in [0.3, 0.4) is 0 Å². The van der Waals surface area contributed by atoms with Gasteiger partial charge in [-0.25, -0.2) is 19.2 Å². The Hall–Kier alpha value is -2.87. The van der Waals surface area contributed by atoms with E-state index in [4.69, 9.17) is 11.6 Å². The Bertz CT molecular complexity index is 953. The van der Waals surface area contributed by atoms with Crippen LogP contribution in [-0.4, -0.2) is 52.1 Å². The molecular weight excluding hydrogens is 359 g/mol. The Morgan fingerprint density at radius 2 is 2.00 bits per heavy atom. The van der Waals surface area contributed by atoms with E-state index in [0.29, 0.717) is 31.9 Å². The number of urea groups is 1. The first-order valence-corrected chi connectivity index (χ1v) is 8.53. The molecule has 0 spiro atoms. The molecule has 0 bridgehead atoms. The molecule has 1 fully saturated rings. The predicted octanol–water partition coefficient (Wildman–Crippen LogP) is 3.10. The minimum Gasteiger partial charge on any atom is -0.352 e. The number of amides is 2. The number of nitrogens with zero attached hydrogens (tertiary/aromatic N) is 4. The molecule has 0 atom stereocenters. The van der Waals surface area contributed by atoms with E-state index in [1.54, 1.807) is 4.90 Å². The van der Waals surface area contributed by atoms with Gasteiger partial charge >= 0.3 is 6.03 Å². The lowest BCUT2D eigenvalue weighted by Crippen LogP contribution is -2.50. The third-order valence-corrected chi connectivity index (χ3v) is 4.66. The lowest BCUT2D eigenvalue weighted by atomic mass is 10.2. The van der Waals surface area contributed by atoms with Gasteiger partial charge in [-0.05, 0) is 24.3 Å². The molecule has 7 nitrogen and oxygen atoms in total. The second kappa shape index (κ2) is 6.80. The van der Waals surface area contributed by atoms with E-state index < -0.39 is 5.82 Å². The van der Waals surface area contributed by atoms with Crippen molar-refractivity contribution in [3.63, 3.8) is 0 Å². The van der Waals surface area contributed by atoms with Crippen molar-refractivity contribution < 1.29 is 9.18 Å². The molecule has 0 radical (unpaired) electrons. The zero-order chi connectivity index (χ0) is 18.1. The summed E-state index contributed by atoms with van der Waals surface area (Å²) in [6.07, 6.45) is 3.37. The molecule has 134 valence electrons. The number of aromatic nitrogens is 3. The highest BCUT2D eigenvalue weighted by atomic mass is 35.5. The predicted molar refractivity (Wildman–Crippen MR) is 98.1 cm³/mol. The van der Waals surface area contributed by atoms with Crippen molar-refractivity contribution >= 4 is 40.2 Å². The van der Waals surface area contributed by atoms with Gasteiger partial charge in [-0.2, -0.15) is 0 Å². The Morgan fingerprint density at radius 1 is 1.19 bits per heavy atom. The first-order chi connectivity index (χ1) is 12.6. The summed E-state index contributed by atoms with van der Waals surface area (Å²) in [7, 11) is 0. The van der Waals surface area contributed by atoms with Gasteiger partial charge in [0.2, 0.25) is 0 Å². The molecule has 1 aromatic carbocycles. The largest absolute Gasteiger partial charge is 0.352 e. The molecule has 9 heteroatoms. The first-order valence-electron chi connectivity index (χ1n) is 8.16. The number of piperazine rings is 1. The van der Waals surface area contributed by atoms with Gasteiger partial charge in [-0.3, -0.25) is 0 Å². The van der Waals surface area contributed by atoms with Gasteiger partial charge < -0.3 is 20.1 Å². The summed E-state index contributed by atoms with van der Waals surface area (Å²) in [5.74, 6) is 0.348. The summed E-state index contributed by atoms with van der Waals surface area (Å²) in [6.45, 7) is 2.43. The number of rotatable bonds is 2. The molecule has 2 amide bonds. The number of anilines is 2. The summed E-state index contributed by atoms with van der Waals surface area (Å²) < 4.78 is 13.2. The van der Waals surface area contributed by atoms with Crippen molar-refractivity contribution in [2.24, 2.45) is 0 Å². The number of hydrogen-bond acceptors (Lipinski definition) is 4. The molecule has 4 rings (SSSR count). The molecule has 0 unspecified atom stereocenters. The molecule has 2 aromatic heterocycles. The van der Waals surface area contributed by atoms with Crippen LogP contribution in [0.25, 0.3) is 11.0 Å². The standard InChI is InChI=1S/C17H16ClFN6O/c18-13-9-11(1-2-14(13)19)23-17(26)25-7-5-24(6-8-25)16-12-3-4-20-15(12)21-10-22-16/h1-4,9-10H,5-8H2,(H,23,26)(H,20,21,22). The Morgan fingerprint density at radius 3 is 2.77 bits per heavy atom. The van der Waals surface area contributed by atoms with Crippen LogP contribution in [-0.2, 0) is 0 Å². The zero-order valence-electron chi connectivity index (χ0n) is 13.7. The highest BCUT2D eigenvalue weighted by molar-refractivity contribution is 6.31. The molecule has 3 aromatic rings. The summed E-state index contributed by atoms with van der Waals surface area (Å²) in [5, 5.41) is 3.69. The van der Waals surface area contributed by atoms with Crippen LogP contribution < -0.4 is 10.2 Å². The van der Waals surface area contributed by atoms with Crippen LogP contribution >= 0.6 is 11.6 Å². The number of hydrogen-bond donors (Lipinski definition) is 2. The number of benzene rings is 1. The number of fused-ring (bicyclic) bond motifs is 1. The fourth-order valence-electron chi connectivity index (χ4n) is 3.01. The molecule has 1 saturated heterocycles. The highest BCUT2D eigenvalue weighted by Crippen LogP contribution is 2.23. The minimum absolute atomic E-state index is 0.0214. The fraction of sp³-hybridized carbons (Fsp3) is 0.235. The summed E-state index contributed by atoms with van der Waals surface area (Å²) in [4.78, 5) is 27.9. The van der Waals surface area contributed by atoms with Gasteiger partial charge in [0.25, 0.3) is 0 Å². The molecule has 0 aliphatic carbocycles. The molecule has 26 heavy (non-hydrogen) atoms. The van der Waals surface area contributed by atoms with Crippen LogP contribution in [0.2, 0.25) is 5.02 Å². The second-order valence-corrected chi connectivity index (χ2v) is 6.38. The molecular formula is C17H16ClFN6O. The SMILES string of the molecule is O=C(Nc1ccc(F)c(Cl)c1)N1CCN(c2ncnc3[nH]ccc23)CC1. The number of carbonyl (C=O) groups is 1. The Kier molecular flexibility index (Phi) is 4.34. The maximum Gasteiger partial charge on any atom is 0.321 e. The second-order valence-electron chi connectivity index (χ2n) is 5.97. The average Bonchev–Trinajstić information content (AvgIpc) is 3.14. The van der Waals surface area contributed by atoms with Gasteiger partial charge in [0.15, 0.2) is 0 Å². The normalized spacial score (nSPS) is 14.7. The maximum atomic E-state index is 13.2. The minimum atomic E-state index is -0.515. The van der Waals surface area contributed by atoms with E-state index >= 15 is 0 Å². The topological polar surface area (TPSA) is 77.2 Å². The molecule has 0 saturated carbocycles. The van der Waals surface area contributed by atoms with Crippen LogP contribution in [0.15, 0.2) is 36.8 Å². The third-order valence-electron chi connectivity index (χ3n) is 4.37.